The van der Waals surface area contributed by atoms with E-state index in [9.17, 15) is 19.5 Å². The van der Waals surface area contributed by atoms with E-state index >= 15 is 0 Å². The zero-order chi connectivity index (χ0) is 27.0. The number of aromatic hydroxyl groups is 1. The zero-order valence-electron chi connectivity index (χ0n) is 21.8. The molecule has 2 amide bonds. The van der Waals surface area contributed by atoms with Crippen LogP contribution >= 0.6 is 15.9 Å². The molecule has 0 aliphatic carbocycles. The molecule has 37 heavy (non-hydrogen) atoms. The molecular formula is C29H39BrN2O5. The van der Waals surface area contributed by atoms with Crippen LogP contribution in [0.5, 0.6) is 5.75 Å². The fourth-order valence-electron chi connectivity index (χ4n) is 3.84. The summed E-state index contributed by atoms with van der Waals surface area (Å²) in [6.07, 6.45) is 5.63. The van der Waals surface area contributed by atoms with Crippen molar-refractivity contribution in [1.29, 1.82) is 0 Å². The number of esters is 1. The minimum absolute atomic E-state index is 0.0849. The second-order valence-electron chi connectivity index (χ2n) is 9.52. The Bertz CT molecular complexity index is 966. The number of alkyl halides is 1. The molecule has 8 heteroatoms. The number of phenols is 1. The van der Waals surface area contributed by atoms with Crippen molar-refractivity contribution in [2.45, 2.75) is 77.5 Å². The summed E-state index contributed by atoms with van der Waals surface area (Å²) in [6, 6.07) is 14.0. The van der Waals surface area contributed by atoms with Gasteiger partial charge >= 0.3 is 5.97 Å². The average molecular weight is 576 g/mol. The first-order valence-electron chi connectivity index (χ1n) is 12.9. The molecule has 0 unspecified atom stereocenters. The maximum Gasteiger partial charge on any atom is 0.329 e. The average Bonchev–Trinajstić information content (AvgIpc) is 2.89. The van der Waals surface area contributed by atoms with Gasteiger partial charge < -0.3 is 20.5 Å². The van der Waals surface area contributed by atoms with Gasteiger partial charge in [-0.15, -0.1) is 0 Å². The van der Waals surface area contributed by atoms with Crippen LogP contribution in [0.3, 0.4) is 0 Å². The van der Waals surface area contributed by atoms with Gasteiger partial charge in [0.15, 0.2) is 0 Å². The minimum atomic E-state index is -0.951. The van der Waals surface area contributed by atoms with Crippen molar-refractivity contribution in [3.8, 4) is 5.75 Å². The standard InChI is InChI=1S/C29H39BrN2O5/c1-21(2)27(32-26(34)13-9-4-3-5-10-18-30)28(35)31-25(19-22-14-16-24(33)17-15-22)29(36)37-20-23-11-7-6-8-12-23/h6-8,11-12,14-17,21,25,27,33H,3-5,9-10,13,18-20H2,1-2H3,(H,31,35)(H,32,34)/t25-,27-/m0/s1. The van der Waals surface area contributed by atoms with Gasteiger partial charge in [-0.25, -0.2) is 4.79 Å². The second kappa shape index (κ2) is 16.8. The number of hydrogen-bond donors (Lipinski definition) is 3. The monoisotopic (exact) mass is 574 g/mol. The predicted octanol–water partition coefficient (Wildman–Crippen LogP) is 5.04. The molecule has 0 aromatic heterocycles. The molecule has 0 fully saturated rings. The Morgan fingerprint density at radius 2 is 1.51 bits per heavy atom. The van der Waals surface area contributed by atoms with E-state index in [0.717, 1.165) is 48.6 Å². The zero-order valence-corrected chi connectivity index (χ0v) is 23.3. The highest BCUT2D eigenvalue weighted by molar-refractivity contribution is 9.09. The molecule has 202 valence electrons. The summed E-state index contributed by atoms with van der Waals surface area (Å²) in [5.74, 6) is -1.22. The molecule has 2 atom stereocenters. The van der Waals surface area contributed by atoms with Gasteiger partial charge in [0, 0.05) is 18.2 Å². The summed E-state index contributed by atoms with van der Waals surface area (Å²) < 4.78 is 5.51. The SMILES string of the molecule is CC(C)[C@H](NC(=O)CCCCCCCBr)C(=O)N[C@@H](Cc1ccc(O)cc1)C(=O)OCc1ccccc1. The Labute approximate surface area is 228 Å². The number of unbranched alkanes of at least 4 members (excludes halogenated alkanes) is 4. The molecule has 0 bridgehead atoms. The lowest BCUT2D eigenvalue weighted by molar-refractivity contribution is -0.149. The van der Waals surface area contributed by atoms with Gasteiger partial charge in [0.05, 0.1) is 0 Å². The van der Waals surface area contributed by atoms with Crippen LogP contribution in [-0.2, 0) is 32.1 Å². The van der Waals surface area contributed by atoms with E-state index in [1.165, 1.54) is 12.1 Å². The molecular weight excluding hydrogens is 536 g/mol. The highest BCUT2D eigenvalue weighted by atomic mass is 79.9. The molecule has 0 radical (unpaired) electrons. The summed E-state index contributed by atoms with van der Waals surface area (Å²) >= 11 is 3.42. The third-order valence-electron chi connectivity index (χ3n) is 6.00. The van der Waals surface area contributed by atoms with E-state index in [1.807, 2.05) is 44.2 Å². The molecule has 0 aliphatic heterocycles. The number of hydrogen-bond acceptors (Lipinski definition) is 5. The third-order valence-corrected chi connectivity index (χ3v) is 6.56. The van der Waals surface area contributed by atoms with Crippen LogP contribution in [0.25, 0.3) is 0 Å². The number of carbonyl (C=O) groups excluding carboxylic acids is 3. The maximum absolute atomic E-state index is 13.2. The highest BCUT2D eigenvalue weighted by Crippen LogP contribution is 2.14. The van der Waals surface area contributed by atoms with Gasteiger partial charge in [0.2, 0.25) is 11.8 Å². The number of rotatable bonds is 16. The van der Waals surface area contributed by atoms with Gasteiger partial charge in [0.25, 0.3) is 0 Å². The largest absolute Gasteiger partial charge is 0.508 e. The van der Waals surface area contributed by atoms with E-state index in [1.54, 1.807) is 12.1 Å². The number of ether oxygens (including phenoxy) is 1. The summed E-state index contributed by atoms with van der Waals surface area (Å²) in [6.45, 7) is 3.79. The molecule has 3 N–H and O–H groups in total. The van der Waals surface area contributed by atoms with Gasteiger partial charge in [0.1, 0.15) is 24.4 Å². The molecule has 0 saturated carbocycles. The first kappa shape index (κ1) is 30.4. The van der Waals surface area contributed by atoms with E-state index in [2.05, 4.69) is 26.6 Å². The molecule has 0 saturated heterocycles. The Hall–Kier alpha value is -2.87. The fraction of sp³-hybridized carbons (Fsp3) is 0.483. The lowest BCUT2D eigenvalue weighted by Crippen LogP contribution is -2.54. The van der Waals surface area contributed by atoms with Gasteiger partial charge in [-0.2, -0.15) is 0 Å². The molecule has 0 aliphatic rings. The lowest BCUT2D eigenvalue weighted by atomic mass is 10.0. The lowest BCUT2D eigenvalue weighted by Gasteiger charge is -2.25. The first-order valence-corrected chi connectivity index (χ1v) is 14.1. The topological polar surface area (TPSA) is 105 Å². The number of phenolic OH excluding ortho intramolecular Hbond substituents is 1. The van der Waals surface area contributed by atoms with Crippen LogP contribution in [0, 0.1) is 5.92 Å². The molecule has 2 aromatic carbocycles. The van der Waals surface area contributed by atoms with Crippen molar-refractivity contribution in [3.63, 3.8) is 0 Å². The Balaban J connectivity index is 2.01. The smallest absolute Gasteiger partial charge is 0.329 e. The highest BCUT2D eigenvalue weighted by Gasteiger charge is 2.29. The molecule has 2 rings (SSSR count). The van der Waals surface area contributed by atoms with E-state index < -0.39 is 24.0 Å². The van der Waals surface area contributed by atoms with Crippen molar-refractivity contribution < 1.29 is 24.2 Å². The molecule has 2 aromatic rings. The Morgan fingerprint density at radius 3 is 2.16 bits per heavy atom. The molecule has 0 heterocycles. The minimum Gasteiger partial charge on any atom is -0.508 e. The van der Waals surface area contributed by atoms with Gasteiger partial charge in [-0.05, 0) is 42.0 Å². The summed E-state index contributed by atoms with van der Waals surface area (Å²) in [7, 11) is 0. The van der Waals surface area contributed by atoms with Crippen molar-refractivity contribution >= 4 is 33.7 Å². The number of carbonyl (C=O) groups is 3. The van der Waals surface area contributed by atoms with Crippen LogP contribution < -0.4 is 10.6 Å². The predicted molar refractivity (Wildman–Crippen MR) is 148 cm³/mol. The van der Waals surface area contributed by atoms with E-state index in [4.69, 9.17) is 4.74 Å². The quantitative estimate of drug-likeness (QED) is 0.148. The van der Waals surface area contributed by atoms with Crippen LogP contribution in [-0.4, -0.2) is 40.3 Å². The van der Waals surface area contributed by atoms with Crippen molar-refractivity contribution in [1.82, 2.24) is 10.6 Å². The Morgan fingerprint density at radius 1 is 0.865 bits per heavy atom. The fourth-order valence-corrected chi connectivity index (χ4v) is 4.24. The number of benzene rings is 2. The molecule has 7 nitrogen and oxygen atoms in total. The summed E-state index contributed by atoms with van der Waals surface area (Å²) in [5, 5.41) is 16.2. The normalized spacial score (nSPS) is 12.5. The first-order chi connectivity index (χ1) is 17.8. The number of amides is 2. The molecule has 0 spiro atoms. The maximum atomic E-state index is 13.2. The van der Waals surface area contributed by atoms with Crippen LogP contribution in [0.1, 0.15) is 63.5 Å². The van der Waals surface area contributed by atoms with Crippen LogP contribution in [0.4, 0.5) is 0 Å². The third kappa shape index (κ3) is 11.8. The number of halogens is 1. The van der Waals surface area contributed by atoms with Gasteiger partial charge in [-0.3, -0.25) is 9.59 Å². The summed E-state index contributed by atoms with van der Waals surface area (Å²) in [5.41, 5.74) is 1.59. The second-order valence-corrected chi connectivity index (χ2v) is 10.3. The van der Waals surface area contributed by atoms with Crippen molar-refractivity contribution in [2.75, 3.05) is 5.33 Å². The Kier molecular flexibility index (Phi) is 13.8. The van der Waals surface area contributed by atoms with Crippen molar-refractivity contribution in [3.05, 3.63) is 65.7 Å². The van der Waals surface area contributed by atoms with Gasteiger partial charge in [-0.1, -0.05) is 91.5 Å². The number of nitrogens with one attached hydrogen (secondary N) is 2. The summed E-state index contributed by atoms with van der Waals surface area (Å²) in [4.78, 5) is 38.8. The van der Waals surface area contributed by atoms with E-state index in [0.29, 0.717) is 6.42 Å². The van der Waals surface area contributed by atoms with Crippen LogP contribution in [0.2, 0.25) is 0 Å². The van der Waals surface area contributed by atoms with E-state index in [-0.39, 0.29) is 30.6 Å². The van der Waals surface area contributed by atoms with Crippen molar-refractivity contribution in [2.24, 2.45) is 5.92 Å². The van der Waals surface area contributed by atoms with Crippen LogP contribution in [0.15, 0.2) is 54.6 Å².